The van der Waals surface area contributed by atoms with E-state index in [0.29, 0.717) is 17.2 Å². The first kappa shape index (κ1) is 13.9. The molecule has 0 bridgehead atoms. The lowest BCUT2D eigenvalue weighted by molar-refractivity contribution is -0.385. The molecule has 0 aliphatic carbocycles. The Morgan fingerprint density at radius 3 is 2.95 bits per heavy atom. The Labute approximate surface area is 124 Å². The van der Waals surface area contributed by atoms with Crippen LogP contribution in [-0.4, -0.2) is 27.4 Å². The van der Waals surface area contributed by atoms with Gasteiger partial charge < -0.3 is 14.8 Å². The zero-order chi connectivity index (χ0) is 15.7. The fraction of sp³-hybridized carbons (Fsp3) is 0.231. The van der Waals surface area contributed by atoms with E-state index in [1.807, 2.05) is 0 Å². The molecule has 2 aromatic rings. The molecule has 0 saturated heterocycles. The van der Waals surface area contributed by atoms with Crippen LogP contribution < -0.4 is 14.8 Å². The van der Waals surface area contributed by atoms with E-state index in [4.69, 9.17) is 9.47 Å². The molecular formula is C13H12N4O5. The van der Waals surface area contributed by atoms with Gasteiger partial charge in [0.1, 0.15) is 18.4 Å². The van der Waals surface area contributed by atoms with Gasteiger partial charge in [0.25, 0.3) is 0 Å². The number of fused-ring (bicyclic) bond motifs is 1. The lowest BCUT2D eigenvalue weighted by Crippen LogP contribution is -2.23. The summed E-state index contributed by atoms with van der Waals surface area (Å²) in [5.41, 5.74) is 0.380. The molecular weight excluding hydrogens is 292 g/mol. The molecule has 114 valence electrons. The van der Waals surface area contributed by atoms with Crippen molar-refractivity contribution in [2.24, 2.45) is 0 Å². The van der Waals surface area contributed by atoms with Gasteiger partial charge in [-0.1, -0.05) is 0 Å². The van der Waals surface area contributed by atoms with E-state index in [1.165, 1.54) is 10.9 Å². The summed E-state index contributed by atoms with van der Waals surface area (Å²) in [6.45, 7) is 1.75. The van der Waals surface area contributed by atoms with Crippen molar-refractivity contribution in [1.29, 1.82) is 0 Å². The molecule has 0 fully saturated rings. The van der Waals surface area contributed by atoms with Crippen LogP contribution in [0.1, 0.15) is 13.0 Å². The highest BCUT2D eigenvalue weighted by Crippen LogP contribution is 2.34. The molecule has 9 heteroatoms. The maximum atomic E-state index is 12.2. The quantitative estimate of drug-likeness (QED) is 0.680. The van der Waals surface area contributed by atoms with Gasteiger partial charge in [-0.25, -0.2) is 0 Å². The van der Waals surface area contributed by atoms with E-state index in [0.717, 1.165) is 6.20 Å². The number of hydrogen-bond acceptors (Lipinski definition) is 6. The van der Waals surface area contributed by atoms with Gasteiger partial charge in [0.05, 0.1) is 4.92 Å². The van der Waals surface area contributed by atoms with Gasteiger partial charge in [-0.15, -0.1) is 0 Å². The average molecular weight is 304 g/mol. The largest absolute Gasteiger partial charge is 0.454 e. The molecule has 1 aromatic heterocycles. The van der Waals surface area contributed by atoms with Crippen molar-refractivity contribution in [3.8, 4) is 11.5 Å². The summed E-state index contributed by atoms with van der Waals surface area (Å²) < 4.78 is 11.7. The normalized spacial score (nSPS) is 13.7. The van der Waals surface area contributed by atoms with Gasteiger partial charge in [-0.2, -0.15) is 5.10 Å². The summed E-state index contributed by atoms with van der Waals surface area (Å²) in [7, 11) is 0. The monoisotopic (exact) mass is 304 g/mol. The molecule has 0 radical (unpaired) electrons. The number of benzene rings is 1. The number of carbonyl (C=O) groups excluding carboxylic acids is 1. The maximum Gasteiger partial charge on any atom is 0.307 e. The lowest BCUT2D eigenvalue weighted by atomic mass is 10.2. The molecule has 9 nitrogen and oxygen atoms in total. The van der Waals surface area contributed by atoms with Crippen molar-refractivity contribution in [3.05, 3.63) is 40.7 Å². The SMILES string of the molecule is CC(C(=O)Nc1ccc2c(c1)OCO2)n1cc([N+](=O)[O-])cn1. The Balaban J connectivity index is 1.71. The highest BCUT2D eigenvalue weighted by atomic mass is 16.7. The Morgan fingerprint density at radius 1 is 1.45 bits per heavy atom. The number of nitro groups is 1. The molecule has 3 rings (SSSR count). The van der Waals surface area contributed by atoms with Crippen molar-refractivity contribution in [2.45, 2.75) is 13.0 Å². The van der Waals surface area contributed by atoms with Crippen molar-refractivity contribution < 1.29 is 19.2 Å². The molecule has 1 N–H and O–H groups in total. The van der Waals surface area contributed by atoms with Crippen LogP contribution in [0.25, 0.3) is 0 Å². The predicted octanol–water partition coefficient (Wildman–Crippen LogP) is 1.72. The van der Waals surface area contributed by atoms with Crippen LogP contribution in [-0.2, 0) is 4.79 Å². The summed E-state index contributed by atoms with van der Waals surface area (Å²) >= 11 is 0. The minimum atomic E-state index is -0.695. The van der Waals surface area contributed by atoms with E-state index in [-0.39, 0.29) is 18.4 Å². The van der Waals surface area contributed by atoms with E-state index in [9.17, 15) is 14.9 Å². The van der Waals surface area contributed by atoms with Gasteiger partial charge in [-0.3, -0.25) is 19.6 Å². The highest BCUT2D eigenvalue weighted by Gasteiger charge is 2.20. The minimum absolute atomic E-state index is 0.153. The second-order valence-electron chi connectivity index (χ2n) is 4.67. The number of carbonyl (C=O) groups is 1. The smallest absolute Gasteiger partial charge is 0.307 e. The molecule has 22 heavy (non-hydrogen) atoms. The van der Waals surface area contributed by atoms with Gasteiger partial charge in [-0.05, 0) is 19.1 Å². The molecule has 1 unspecified atom stereocenters. The van der Waals surface area contributed by atoms with Crippen LogP contribution in [0.4, 0.5) is 11.4 Å². The van der Waals surface area contributed by atoms with E-state index >= 15 is 0 Å². The van der Waals surface area contributed by atoms with Crippen LogP contribution in [0.3, 0.4) is 0 Å². The predicted molar refractivity (Wildman–Crippen MR) is 74.8 cm³/mol. The lowest BCUT2D eigenvalue weighted by Gasteiger charge is -2.12. The average Bonchev–Trinajstić information content (AvgIpc) is 3.15. The van der Waals surface area contributed by atoms with Gasteiger partial charge in [0, 0.05) is 11.8 Å². The minimum Gasteiger partial charge on any atom is -0.454 e. The Hall–Kier alpha value is -3.10. The highest BCUT2D eigenvalue weighted by molar-refractivity contribution is 5.93. The van der Waals surface area contributed by atoms with Crippen LogP contribution >= 0.6 is 0 Å². The first-order chi connectivity index (χ1) is 10.5. The maximum absolute atomic E-state index is 12.2. The number of hydrogen-bond donors (Lipinski definition) is 1. The summed E-state index contributed by atoms with van der Waals surface area (Å²) in [6.07, 6.45) is 2.31. The third-order valence-electron chi connectivity index (χ3n) is 3.22. The van der Waals surface area contributed by atoms with Crippen molar-refractivity contribution in [3.63, 3.8) is 0 Å². The summed E-state index contributed by atoms with van der Waals surface area (Å²) in [6, 6.07) is 4.34. The van der Waals surface area contributed by atoms with Gasteiger partial charge in [0.2, 0.25) is 12.7 Å². The van der Waals surface area contributed by atoms with Crippen molar-refractivity contribution in [2.75, 3.05) is 12.1 Å². The zero-order valence-corrected chi connectivity index (χ0v) is 11.6. The number of nitrogens with one attached hydrogen (secondary N) is 1. The first-order valence-electron chi connectivity index (χ1n) is 6.43. The van der Waals surface area contributed by atoms with Crippen molar-refractivity contribution >= 4 is 17.3 Å². The van der Waals surface area contributed by atoms with Crippen LogP contribution in [0.5, 0.6) is 11.5 Å². The molecule has 1 amide bonds. The molecule has 0 saturated carbocycles. The van der Waals surface area contributed by atoms with E-state index < -0.39 is 11.0 Å². The number of ether oxygens (including phenoxy) is 2. The number of amides is 1. The van der Waals surface area contributed by atoms with E-state index in [1.54, 1.807) is 25.1 Å². The Kier molecular flexibility index (Phi) is 3.37. The number of anilines is 1. The fourth-order valence-electron chi connectivity index (χ4n) is 1.98. The molecule has 0 spiro atoms. The standard InChI is InChI=1S/C13H12N4O5/c1-8(16-6-10(5-14-16)17(19)20)13(18)15-9-2-3-11-12(4-9)22-7-21-11/h2-6,8H,7H2,1H3,(H,15,18). The fourth-order valence-corrected chi connectivity index (χ4v) is 1.98. The van der Waals surface area contributed by atoms with E-state index in [2.05, 4.69) is 10.4 Å². The molecule has 1 aliphatic heterocycles. The van der Waals surface area contributed by atoms with Crippen LogP contribution in [0, 0.1) is 10.1 Å². The molecule has 2 heterocycles. The topological polar surface area (TPSA) is 109 Å². The number of nitrogens with zero attached hydrogens (tertiary/aromatic N) is 3. The zero-order valence-electron chi connectivity index (χ0n) is 11.6. The Morgan fingerprint density at radius 2 is 2.23 bits per heavy atom. The van der Waals surface area contributed by atoms with Gasteiger partial charge in [0.15, 0.2) is 11.5 Å². The summed E-state index contributed by atoms with van der Waals surface area (Å²) in [4.78, 5) is 22.2. The van der Waals surface area contributed by atoms with Crippen LogP contribution in [0.15, 0.2) is 30.6 Å². The number of aromatic nitrogens is 2. The second-order valence-corrected chi connectivity index (χ2v) is 4.67. The summed E-state index contributed by atoms with van der Waals surface area (Å²) in [5, 5.41) is 17.2. The van der Waals surface area contributed by atoms with Crippen LogP contribution in [0.2, 0.25) is 0 Å². The number of rotatable bonds is 4. The first-order valence-corrected chi connectivity index (χ1v) is 6.43. The third-order valence-corrected chi connectivity index (χ3v) is 3.22. The van der Waals surface area contributed by atoms with Gasteiger partial charge >= 0.3 is 5.69 Å². The Bertz CT molecular complexity index is 742. The molecule has 1 aromatic carbocycles. The summed E-state index contributed by atoms with van der Waals surface area (Å²) in [5.74, 6) is 0.825. The molecule has 1 atom stereocenters. The molecule has 1 aliphatic rings. The second kappa shape index (κ2) is 5.35. The third kappa shape index (κ3) is 2.55. The van der Waals surface area contributed by atoms with Crippen molar-refractivity contribution in [1.82, 2.24) is 9.78 Å².